The molecule has 11 heavy (non-hydrogen) atoms. The molecule has 0 spiro atoms. The van der Waals surface area contributed by atoms with Crippen LogP contribution in [-0.4, -0.2) is 37.1 Å². The number of nitrogens with zero attached hydrogens (tertiary/aromatic N) is 1. The van der Waals surface area contributed by atoms with Crippen molar-refractivity contribution in [1.82, 2.24) is 4.90 Å². The summed E-state index contributed by atoms with van der Waals surface area (Å²) in [5, 5.41) is 0. The molecule has 1 heterocycles. The number of amides is 1. The third-order valence-electron chi connectivity index (χ3n) is 1.96. The standard InChI is InChI=1S/C8H15NO2/c1-3-4-7-5-9(2)8(10)6-11-7/h7H,3-6H2,1-2H3/t7-/m1/s1. The molecule has 3 heteroatoms. The van der Waals surface area contributed by atoms with E-state index < -0.39 is 0 Å². The summed E-state index contributed by atoms with van der Waals surface area (Å²) < 4.78 is 5.31. The Kier molecular flexibility index (Phi) is 2.88. The highest BCUT2D eigenvalue weighted by Crippen LogP contribution is 2.08. The SMILES string of the molecule is CCC[C@@H]1CN(C)C(=O)CO1. The van der Waals surface area contributed by atoms with Gasteiger partial charge < -0.3 is 9.64 Å². The molecule has 0 unspecified atom stereocenters. The number of carbonyl (C=O) groups is 1. The third kappa shape index (κ3) is 2.19. The van der Waals surface area contributed by atoms with E-state index >= 15 is 0 Å². The normalized spacial score (nSPS) is 25.8. The van der Waals surface area contributed by atoms with E-state index in [4.69, 9.17) is 4.74 Å². The van der Waals surface area contributed by atoms with Crippen LogP contribution in [0.25, 0.3) is 0 Å². The van der Waals surface area contributed by atoms with Gasteiger partial charge in [-0.05, 0) is 6.42 Å². The molecule has 1 aliphatic rings. The Morgan fingerprint density at radius 2 is 2.45 bits per heavy atom. The lowest BCUT2D eigenvalue weighted by Crippen LogP contribution is -2.44. The minimum absolute atomic E-state index is 0.0948. The highest BCUT2D eigenvalue weighted by atomic mass is 16.5. The third-order valence-corrected chi connectivity index (χ3v) is 1.96. The van der Waals surface area contributed by atoms with Crippen molar-refractivity contribution in [2.24, 2.45) is 0 Å². The monoisotopic (exact) mass is 157 g/mol. The molecule has 1 aliphatic heterocycles. The molecule has 0 aromatic carbocycles. The molecule has 0 aliphatic carbocycles. The number of morpholine rings is 1. The first-order valence-corrected chi connectivity index (χ1v) is 4.09. The largest absolute Gasteiger partial charge is 0.367 e. The van der Waals surface area contributed by atoms with Gasteiger partial charge >= 0.3 is 0 Å². The van der Waals surface area contributed by atoms with Gasteiger partial charge in [0, 0.05) is 13.6 Å². The summed E-state index contributed by atoms with van der Waals surface area (Å²) in [6, 6.07) is 0. The van der Waals surface area contributed by atoms with Gasteiger partial charge in [-0.2, -0.15) is 0 Å². The number of ether oxygens (including phenoxy) is 1. The molecule has 0 N–H and O–H groups in total. The molecule has 1 fully saturated rings. The molecule has 0 aromatic rings. The maximum absolute atomic E-state index is 10.9. The van der Waals surface area contributed by atoms with Crippen LogP contribution in [0.5, 0.6) is 0 Å². The second kappa shape index (κ2) is 3.72. The van der Waals surface area contributed by atoms with E-state index in [0.717, 1.165) is 19.4 Å². The summed E-state index contributed by atoms with van der Waals surface area (Å²) in [5.74, 6) is 0.0948. The first kappa shape index (κ1) is 8.53. The fourth-order valence-electron chi connectivity index (χ4n) is 1.26. The molecule has 1 rings (SSSR count). The van der Waals surface area contributed by atoms with Crippen LogP contribution in [0.3, 0.4) is 0 Å². The smallest absolute Gasteiger partial charge is 0.248 e. The van der Waals surface area contributed by atoms with Crippen LogP contribution in [0, 0.1) is 0 Å². The predicted octanol–water partition coefficient (Wildman–Crippen LogP) is 0.644. The quantitative estimate of drug-likeness (QED) is 0.589. The van der Waals surface area contributed by atoms with Crippen LogP contribution in [0.2, 0.25) is 0 Å². The van der Waals surface area contributed by atoms with Gasteiger partial charge in [0.05, 0.1) is 6.10 Å². The van der Waals surface area contributed by atoms with Crippen molar-refractivity contribution in [1.29, 1.82) is 0 Å². The molecule has 64 valence electrons. The van der Waals surface area contributed by atoms with Gasteiger partial charge in [0.25, 0.3) is 0 Å². The minimum atomic E-state index is 0.0948. The topological polar surface area (TPSA) is 29.5 Å². The Bertz CT molecular complexity index is 147. The van der Waals surface area contributed by atoms with E-state index in [2.05, 4.69) is 6.92 Å². The zero-order chi connectivity index (χ0) is 8.27. The second-order valence-electron chi connectivity index (χ2n) is 3.00. The van der Waals surface area contributed by atoms with Gasteiger partial charge in [0.2, 0.25) is 5.91 Å². The highest BCUT2D eigenvalue weighted by Gasteiger charge is 2.22. The van der Waals surface area contributed by atoms with E-state index in [9.17, 15) is 4.79 Å². The molecule has 0 bridgehead atoms. The Morgan fingerprint density at radius 3 is 3.00 bits per heavy atom. The Balaban J connectivity index is 2.33. The lowest BCUT2D eigenvalue weighted by atomic mass is 10.2. The Labute approximate surface area is 67.3 Å². The van der Waals surface area contributed by atoms with Crippen LogP contribution in [0.1, 0.15) is 19.8 Å². The van der Waals surface area contributed by atoms with Gasteiger partial charge in [-0.25, -0.2) is 0 Å². The van der Waals surface area contributed by atoms with Crippen LogP contribution >= 0.6 is 0 Å². The van der Waals surface area contributed by atoms with Crippen molar-refractivity contribution in [3.8, 4) is 0 Å². The lowest BCUT2D eigenvalue weighted by molar-refractivity contribution is -0.147. The van der Waals surface area contributed by atoms with E-state index in [0.29, 0.717) is 0 Å². The summed E-state index contributed by atoms with van der Waals surface area (Å²) in [7, 11) is 1.83. The summed E-state index contributed by atoms with van der Waals surface area (Å²) in [5.41, 5.74) is 0. The van der Waals surface area contributed by atoms with Crippen molar-refractivity contribution in [3.05, 3.63) is 0 Å². The summed E-state index contributed by atoms with van der Waals surface area (Å²) in [6.45, 7) is 3.15. The first-order chi connectivity index (χ1) is 5.24. The predicted molar refractivity (Wildman–Crippen MR) is 42.3 cm³/mol. The molecule has 1 saturated heterocycles. The minimum Gasteiger partial charge on any atom is -0.367 e. The zero-order valence-corrected chi connectivity index (χ0v) is 7.17. The van der Waals surface area contributed by atoms with Gasteiger partial charge in [-0.3, -0.25) is 4.79 Å². The lowest BCUT2D eigenvalue weighted by Gasteiger charge is -2.29. The zero-order valence-electron chi connectivity index (χ0n) is 7.17. The molecule has 1 atom stereocenters. The maximum Gasteiger partial charge on any atom is 0.248 e. The Hall–Kier alpha value is -0.570. The second-order valence-corrected chi connectivity index (χ2v) is 3.00. The molecule has 0 saturated carbocycles. The molecular formula is C8H15NO2. The molecule has 0 aromatic heterocycles. The molecule has 0 radical (unpaired) electrons. The van der Waals surface area contributed by atoms with Crippen LogP contribution < -0.4 is 0 Å². The molecule has 3 nitrogen and oxygen atoms in total. The molecular weight excluding hydrogens is 142 g/mol. The average Bonchev–Trinajstić information content (AvgIpc) is 1.98. The van der Waals surface area contributed by atoms with Crippen molar-refractivity contribution < 1.29 is 9.53 Å². The van der Waals surface area contributed by atoms with Crippen molar-refractivity contribution in [3.63, 3.8) is 0 Å². The van der Waals surface area contributed by atoms with E-state index in [1.165, 1.54) is 0 Å². The molecule has 1 amide bonds. The van der Waals surface area contributed by atoms with E-state index in [-0.39, 0.29) is 18.6 Å². The number of carbonyl (C=O) groups excluding carboxylic acids is 1. The van der Waals surface area contributed by atoms with E-state index in [1.807, 2.05) is 7.05 Å². The fourth-order valence-corrected chi connectivity index (χ4v) is 1.26. The fraction of sp³-hybridized carbons (Fsp3) is 0.875. The summed E-state index contributed by atoms with van der Waals surface area (Å²) in [4.78, 5) is 12.7. The van der Waals surface area contributed by atoms with Crippen molar-refractivity contribution in [2.45, 2.75) is 25.9 Å². The van der Waals surface area contributed by atoms with Gasteiger partial charge in [-0.1, -0.05) is 13.3 Å². The van der Waals surface area contributed by atoms with Gasteiger partial charge in [0.1, 0.15) is 6.61 Å². The average molecular weight is 157 g/mol. The number of rotatable bonds is 2. The summed E-state index contributed by atoms with van der Waals surface area (Å²) in [6.07, 6.45) is 2.44. The Morgan fingerprint density at radius 1 is 1.73 bits per heavy atom. The van der Waals surface area contributed by atoms with Crippen molar-refractivity contribution in [2.75, 3.05) is 20.2 Å². The number of hydrogen-bond donors (Lipinski definition) is 0. The van der Waals surface area contributed by atoms with Crippen LogP contribution in [0.4, 0.5) is 0 Å². The first-order valence-electron chi connectivity index (χ1n) is 4.09. The highest BCUT2D eigenvalue weighted by molar-refractivity contribution is 5.77. The van der Waals surface area contributed by atoms with Crippen LogP contribution in [-0.2, 0) is 9.53 Å². The van der Waals surface area contributed by atoms with E-state index in [1.54, 1.807) is 4.90 Å². The van der Waals surface area contributed by atoms with Gasteiger partial charge in [0.15, 0.2) is 0 Å². The number of hydrogen-bond acceptors (Lipinski definition) is 2. The van der Waals surface area contributed by atoms with Gasteiger partial charge in [-0.15, -0.1) is 0 Å². The maximum atomic E-state index is 10.9. The van der Waals surface area contributed by atoms with Crippen molar-refractivity contribution >= 4 is 5.91 Å². The number of likely N-dealkylation sites (N-methyl/N-ethyl adjacent to an activating group) is 1. The summed E-state index contributed by atoms with van der Waals surface area (Å²) >= 11 is 0. The van der Waals surface area contributed by atoms with Crippen LogP contribution in [0.15, 0.2) is 0 Å².